The highest BCUT2D eigenvalue weighted by molar-refractivity contribution is 6.11. The molecule has 7 heteroatoms. The highest BCUT2D eigenvalue weighted by atomic mass is 16.5. The first kappa shape index (κ1) is 18.6. The molecular weight excluding hydrogens is 348 g/mol. The highest BCUT2D eigenvalue weighted by Crippen LogP contribution is 2.19. The lowest BCUT2D eigenvalue weighted by molar-refractivity contribution is -0.146. The van der Waals surface area contributed by atoms with Crippen LogP contribution in [-0.4, -0.2) is 46.2 Å². The van der Waals surface area contributed by atoms with Crippen molar-refractivity contribution in [3.8, 4) is 0 Å². The van der Waals surface area contributed by atoms with E-state index in [0.29, 0.717) is 16.7 Å². The molecule has 0 spiro atoms. The van der Waals surface area contributed by atoms with Crippen molar-refractivity contribution in [2.24, 2.45) is 7.05 Å². The number of benzene rings is 1. The molecule has 0 N–H and O–H groups in total. The van der Waals surface area contributed by atoms with Gasteiger partial charge in [0.15, 0.2) is 6.61 Å². The van der Waals surface area contributed by atoms with Crippen molar-refractivity contribution < 1.29 is 23.9 Å². The zero-order valence-electron chi connectivity index (χ0n) is 15.4. The smallest absolute Gasteiger partial charge is 0.326 e. The van der Waals surface area contributed by atoms with Crippen molar-refractivity contribution in [1.82, 2.24) is 9.47 Å². The maximum absolute atomic E-state index is 12.4. The molecule has 140 valence electrons. The summed E-state index contributed by atoms with van der Waals surface area (Å²) in [5.41, 5.74) is 3.23. The molecule has 2 aromatic rings. The first-order valence-electron chi connectivity index (χ1n) is 8.54. The molecule has 0 aliphatic carbocycles. The van der Waals surface area contributed by atoms with E-state index in [1.165, 1.54) is 0 Å². The van der Waals surface area contributed by atoms with E-state index < -0.39 is 30.9 Å². The fraction of sp³-hybridized carbons (Fsp3) is 0.300. The van der Waals surface area contributed by atoms with E-state index in [4.69, 9.17) is 4.74 Å². The fourth-order valence-electron chi connectivity index (χ4n) is 3.10. The van der Waals surface area contributed by atoms with Gasteiger partial charge in [-0.3, -0.25) is 24.1 Å². The summed E-state index contributed by atoms with van der Waals surface area (Å²) >= 11 is 0. The number of nitrogens with zero attached hydrogens (tertiary/aromatic N) is 2. The summed E-state index contributed by atoms with van der Waals surface area (Å²) < 4.78 is 6.88. The summed E-state index contributed by atoms with van der Waals surface area (Å²) in [5.74, 6) is -2.11. The number of ether oxygens (including phenoxy) is 1. The van der Waals surface area contributed by atoms with Crippen LogP contribution in [0.3, 0.4) is 0 Å². The van der Waals surface area contributed by atoms with Gasteiger partial charge in [0.2, 0.25) is 11.7 Å². The van der Waals surface area contributed by atoms with E-state index in [0.717, 1.165) is 16.3 Å². The number of hydrogen-bond acceptors (Lipinski definition) is 5. The molecule has 0 radical (unpaired) electrons. The molecule has 1 aromatic carbocycles. The topological polar surface area (TPSA) is 85.7 Å². The maximum Gasteiger partial charge on any atom is 0.326 e. The van der Waals surface area contributed by atoms with Crippen molar-refractivity contribution in [3.05, 3.63) is 58.4 Å². The number of carbonyl (C=O) groups excluding carboxylic acids is 4. The zero-order chi connectivity index (χ0) is 19.7. The molecule has 0 bridgehead atoms. The van der Waals surface area contributed by atoms with E-state index in [1.54, 1.807) is 30.3 Å². The van der Waals surface area contributed by atoms with Crippen LogP contribution in [0.4, 0.5) is 0 Å². The van der Waals surface area contributed by atoms with Gasteiger partial charge in [-0.1, -0.05) is 18.2 Å². The normalized spacial score (nSPS) is 13.5. The molecule has 27 heavy (non-hydrogen) atoms. The molecule has 0 saturated heterocycles. The summed E-state index contributed by atoms with van der Waals surface area (Å²) in [6.45, 7) is 2.74. The second kappa shape index (κ2) is 7.19. The zero-order valence-corrected chi connectivity index (χ0v) is 15.4. The van der Waals surface area contributed by atoms with E-state index in [2.05, 4.69) is 0 Å². The van der Waals surface area contributed by atoms with Crippen LogP contribution >= 0.6 is 0 Å². The molecule has 0 saturated carbocycles. The third-order valence-electron chi connectivity index (χ3n) is 4.86. The minimum atomic E-state index is -0.797. The summed E-state index contributed by atoms with van der Waals surface area (Å²) in [6.07, 6.45) is 0.0522. The summed E-state index contributed by atoms with van der Waals surface area (Å²) in [7, 11) is 1.85. The Kier molecular flexibility index (Phi) is 4.94. The van der Waals surface area contributed by atoms with Crippen LogP contribution in [0.25, 0.3) is 0 Å². The lowest BCUT2D eigenvalue weighted by Crippen LogP contribution is -2.45. The number of imide groups is 1. The van der Waals surface area contributed by atoms with Crippen LogP contribution in [0.5, 0.6) is 0 Å². The van der Waals surface area contributed by atoms with Crippen LogP contribution in [0.2, 0.25) is 0 Å². The molecular formula is C20H20N2O5. The van der Waals surface area contributed by atoms with Crippen LogP contribution in [0.1, 0.15) is 37.7 Å². The lowest BCUT2D eigenvalue weighted by Gasteiger charge is -2.25. The Morgan fingerprint density at radius 2 is 1.85 bits per heavy atom. The van der Waals surface area contributed by atoms with Crippen molar-refractivity contribution in [2.45, 2.75) is 20.3 Å². The van der Waals surface area contributed by atoms with E-state index in [-0.39, 0.29) is 12.2 Å². The van der Waals surface area contributed by atoms with Gasteiger partial charge in [0.1, 0.15) is 6.54 Å². The number of esters is 1. The first-order valence-corrected chi connectivity index (χ1v) is 8.54. The third-order valence-corrected chi connectivity index (χ3v) is 4.86. The van der Waals surface area contributed by atoms with Gasteiger partial charge in [-0.2, -0.15) is 0 Å². The largest absolute Gasteiger partial charge is 0.456 e. The molecule has 7 nitrogen and oxygen atoms in total. The molecule has 0 unspecified atom stereocenters. The molecule has 1 aromatic heterocycles. The van der Waals surface area contributed by atoms with Gasteiger partial charge < -0.3 is 9.30 Å². The molecule has 3 rings (SSSR count). The van der Waals surface area contributed by atoms with Crippen LogP contribution in [-0.2, 0) is 27.8 Å². The fourth-order valence-corrected chi connectivity index (χ4v) is 3.10. The number of ketones is 1. The monoisotopic (exact) mass is 368 g/mol. The molecule has 1 aliphatic heterocycles. The molecule has 0 atom stereocenters. The number of carbonyl (C=O) groups is 4. The van der Waals surface area contributed by atoms with Crippen molar-refractivity contribution in [3.63, 3.8) is 0 Å². The van der Waals surface area contributed by atoms with Gasteiger partial charge in [0, 0.05) is 29.6 Å². The van der Waals surface area contributed by atoms with Crippen molar-refractivity contribution in [2.75, 3.05) is 13.2 Å². The second-order valence-corrected chi connectivity index (χ2v) is 6.55. The van der Waals surface area contributed by atoms with Gasteiger partial charge in [0.05, 0.1) is 6.42 Å². The summed E-state index contributed by atoms with van der Waals surface area (Å²) in [6, 6.07) is 8.52. The SMILES string of the molecule is Cc1cc(C(=O)COC(=O)CN2C(=O)Cc3ccccc3C2=O)c(C)n1C. The number of amides is 2. The van der Waals surface area contributed by atoms with Gasteiger partial charge in [-0.15, -0.1) is 0 Å². The van der Waals surface area contributed by atoms with Crippen molar-refractivity contribution >= 4 is 23.6 Å². The summed E-state index contributed by atoms with van der Waals surface area (Å²) in [4.78, 5) is 49.8. The van der Waals surface area contributed by atoms with Gasteiger partial charge >= 0.3 is 5.97 Å². The predicted octanol–water partition coefficient (Wildman–Crippen LogP) is 1.59. The van der Waals surface area contributed by atoms with E-state index in [9.17, 15) is 19.2 Å². The molecule has 2 amide bonds. The Morgan fingerprint density at radius 3 is 2.52 bits per heavy atom. The minimum absolute atomic E-state index is 0.0522. The molecule has 2 heterocycles. The predicted molar refractivity (Wildman–Crippen MR) is 96.4 cm³/mol. The lowest BCUT2D eigenvalue weighted by atomic mass is 9.98. The number of fused-ring (bicyclic) bond motifs is 1. The van der Waals surface area contributed by atoms with Crippen molar-refractivity contribution in [1.29, 1.82) is 0 Å². The van der Waals surface area contributed by atoms with Crippen LogP contribution < -0.4 is 0 Å². The van der Waals surface area contributed by atoms with E-state index in [1.807, 2.05) is 25.5 Å². The average Bonchev–Trinajstić information content (AvgIpc) is 2.90. The Bertz CT molecular complexity index is 957. The third kappa shape index (κ3) is 3.53. The molecule has 0 fully saturated rings. The highest BCUT2D eigenvalue weighted by Gasteiger charge is 2.32. The number of aromatic nitrogens is 1. The second-order valence-electron chi connectivity index (χ2n) is 6.55. The van der Waals surface area contributed by atoms with Crippen LogP contribution in [0.15, 0.2) is 30.3 Å². The molecule has 1 aliphatic rings. The quantitative estimate of drug-likeness (QED) is 0.455. The number of rotatable bonds is 5. The standard InChI is InChI=1S/C20H20N2O5/c1-12-8-16(13(2)21(12)3)17(23)11-27-19(25)10-22-18(24)9-14-6-4-5-7-15(14)20(22)26/h4-8H,9-11H2,1-3H3. The minimum Gasteiger partial charge on any atom is -0.456 e. The summed E-state index contributed by atoms with van der Waals surface area (Å²) in [5, 5.41) is 0. The average molecular weight is 368 g/mol. The van der Waals surface area contributed by atoms with Gasteiger partial charge in [-0.05, 0) is 31.5 Å². The maximum atomic E-state index is 12.4. The Hall–Kier alpha value is -3.22. The van der Waals surface area contributed by atoms with Gasteiger partial charge in [0.25, 0.3) is 5.91 Å². The number of aryl methyl sites for hydroxylation is 1. The van der Waals surface area contributed by atoms with Crippen LogP contribution in [0, 0.1) is 13.8 Å². The van der Waals surface area contributed by atoms with E-state index >= 15 is 0 Å². The Balaban J connectivity index is 1.63. The van der Waals surface area contributed by atoms with Gasteiger partial charge in [-0.25, -0.2) is 0 Å². The Labute approximate surface area is 156 Å². The number of Topliss-reactive ketones (excluding diaryl/α,β-unsaturated/α-hetero) is 1. The number of hydrogen-bond donors (Lipinski definition) is 0. The first-order chi connectivity index (χ1) is 12.8. The Morgan fingerprint density at radius 1 is 1.15 bits per heavy atom.